The molecule has 3 aromatic rings. The third-order valence-corrected chi connectivity index (χ3v) is 6.23. The third kappa shape index (κ3) is 6.33. The molecule has 2 N–H and O–H groups in total. The third-order valence-electron chi connectivity index (χ3n) is 4.16. The zero-order valence-corrected chi connectivity index (χ0v) is 18.7. The molecule has 0 aliphatic rings. The quantitative estimate of drug-likeness (QED) is 0.496. The first-order valence-corrected chi connectivity index (χ1v) is 11.2. The standard InChI is InChI=1S/C22H23N3O3S2/c1-14-4-7-16(8-5-14)23-21(27)13-30-22-24-17(12-29-22)11-20(26)25-18-10-15(2)6-9-19(18)28-3/h4-10,12H,11,13H2,1-3H3,(H,23,27)(H,25,26). The molecule has 0 saturated carbocycles. The number of ether oxygens (including phenoxy) is 1. The number of thioether (sulfide) groups is 1. The van der Waals surface area contributed by atoms with Crippen molar-refractivity contribution in [2.75, 3.05) is 23.5 Å². The molecule has 0 fully saturated rings. The average Bonchev–Trinajstić information content (AvgIpc) is 3.15. The van der Waals surface area contributed by atoms with Crippen molar-refractivity contribution in [3.63, 3.8) is 0 Å². The topological polar surface area (TPSA) is 80.3 Å². The molecule has 2 aromatic carbocycles. The monoisotopic (exact) mass is 441 g/mol. The highest BCUT2D eigenvalue weighted by Crippen LogP contribution is 2.26. The molecule has 6 nitrogen and oxygen atoms in total. The van der Waals surface area contributed by atoms with Gasteiger partial charge in [0.1, 0.15) is 5.75 Å². The van der Waals surface area contributed by atoms with E-state index in [4.69, 9.17) is 4.74 Å². The predicted octanol–water partition coefficient (Wildman–Crippen LogP) is 4.68. The first kappa shape index (κ1) is 21.9. The Kier molecular flexibility index (Phi) is 7.48. The van der Waals surface area contributed by atoms with E-state index in [1.807, 2.05) is 61.7 Å². The van der Waals surface area contributed by atoms with Crippen LogP contribution in [-0.2, 0) is 16.0 Å². The number of rotatable bonds is 8. The van der Waals surface area contributed by atoms with Crippen LogP contribution >= 0.6 is 23.1 Å². The summed E-state index contributed by atoms with van der Waals surface area (Å²) in [5, 5.41) is 7.57. The van der Waals surface area contributed by atoms with E-state index < -0.39 is 0 Å². The summed E-state index contributed by atoms with van der Waals surface area (Å²) in [5.74, 6) is 0.610. The van der Waals surface area contributed by atoms with Crippen molar-refractivity contribution in [3.8, 4) is 5.75 Å². The van der Waals surface area contributed by atoms with Gasteiger partial charge in [-0.05, 0) is 43.7 Å². The normalized spacial score (nSPS) is 10.5. The van der Waals surface area contributed by atoms with E-state index in [0.29, 0.717) is 17.1 Å². The van der Waals surface area contributed by atoms with E-state index in [9.17, 15) is 9.59 Å². The number of carbonyl (C=O) groups excluding carboxylic acids is 2. The Hall–Kier alpha value is -2.84. The summed E-state index contributed by atoms with van der Waals surface area (Å²) in [7, 11) is 1.57. The fraction of sp³-hybridized carbons (Fsp3) is 0.227. The lowest BCUT2D eigenvalue weighted by Gasteiger charge is -2.10. The lowest BCUT2D eigenvalue weighted by Crippen LogP contribution is -2.15. The second-order valence-corrected chi connectivity index (χ2v) is 8.82. The molecule has 2 amide bonds. The van der Waals surface area contributed by atoms with Gasteiger partial charge >= 0.3 is 0 Å². The van der Waals surface area contributed by atoms with Crippen LogP contribution in [0.15, 0.2) is 52.2 Å². The minimum atomic E-state index is -0.169. The predicted molar refractivity (Wildman–Crippen MR) is 123 cm³/mol. The second-order valence-electron chi connectivity index (χ2n) is 6.74. The molecule has 0 aliphatic heterocycles. The van der Waals surface area contributed by atoms with Crippen LogP contribution in [0.25, 0.3) is 0 Å². The Morgan fingerprint density at radius 1 is 1.03 bits per heavy atom. The van der Waals surface area contributed by atoms with Crippen molar-refractivity contribution in [2.45, 2.75) is 24.6 Å². The Balaban J connectivity index is 1.50. The minimum absolute atomic E-state index is 0.0927. The lowest BCUT2D eigenvalue weighted by atomic mass is 10.2. The van der Waals surface area contributed by atoms with E-state index >= 15 is 0 Å². The van der Waals surface area contributed by atoms with Crippen LogP contribution in [0.2, 0.25) is 0 Å². The molecule has 0 radical (unpaired) electrons. The molecular weight excluding hydrogens is 418 g/mol. The Bertz CT molecular complexity index is 1030. The number of hydrogen-bond donors (Lipinski definition) is 2. The zero-order chi connectivity index (χ0) is 21.5. The SMILES string of the molecule is COc1ccc(C)cc1NC(=O)Cc1csc(SCC(=O)Nc2ccc(C)cc2)n1. The molecule has 156 valence electrons. The number of nitrogens with one attached hydrogen (secondary N) is 2. The summed E-state index contributed by atoms with van der Waals surface area (Å²) in [6.45, 7) is 3.95. The van der Waals surface area contributed by atoms with Gasteiger partial charge in [-0.3, -0.25) is 9.59 Å². The first-order chi connectivity index (χ1) is 14.4. The molecule has 0 spiro atoms. The maximum Gasteiger partial charge on any atom is 0.234 e. The van der Waals surface area contributed by atoms with Gasteiger partial charge in [0.2, 0.25) is 11.8 Å². The molecule has 0 atom stereocenters. The fourth-order valence-electron chi connectivity index (χ4n) is 2.68. The first-order valence-electron chi connectivity index (χ1n) is 9.31. The van der Waals surface area contributed by atoms with Crippen LogP contribution in [0.5, 0.6) is 5.75 Å². The van der Waals surface area contributed by atoms with Crippen molar-refractivity contribution >= 4 is 46.3 Å². The number of benzene rings is 2. The maximum atomic E-state index is 12.4. The van der Waals surface area contributed by atoms with E-state index in [0.717, 1.165) is 21.2 Å². The molecule has 0 bridgehead atoms. The highest BCUT2D eigenvalue weighted by molar-refractivity contribution is 8.01. The van der Waals surface area contributed by atoms with Crippen LogP contribution in [0.1, 0.15) is 16.8 Å². The van der Waals surface area contributed by atoms with Crippen molar-refractivity contribution in [1.29, 1.82) is 0 Å². The minimum Gasteiger partial charge on any atom is -0.495 e. The van der Waals surface area contributed by atoms with Gasteiger partial charge in [0.25, 0.3) is 0 Å². The summed E-state index contributed by atoms with van der Waals surface area (Å²) >= 11 is 2.78. The molecule has 0 aliphatic carbocycles. The van der Waals surface area contributed by atoms with Crippen molar-refractivity contribution < 1.29 is 14.3 Å². The highest BCUT2D eigenvalue weighted by atomic mass is 32.2. The molecule has 0 saturated heterocycles. The van der Waals surface area contributed by atoms with Crippen LogP contribution in [0.3, 0.4) is 0 Å². The van der Waals surface area contributed by atoms with Gasteiger partial charge in [-0.15, -0.1) is 11.3 Å². The Labute approximate surface area is 184 Å². The van der Waals surface area contributed by atoms with Crippen molar-refractivity contribution in [1.82, 2.24) is 4.98 Å². The van der Waals surface area contributed by atoms with Gasteiger partial charge in [0, 0.05) is 11.1 Å². The summed E-state index contributed by atoms with van der Waals surface area (Å²) in [6, 6.07) is 13.3. The summed E-state index contributed by atoms with van der Waals surface area (Å²) in [5.41, 5.74) is 4.25. The van der Waals surface area contributed by atoms with Crippen LogP contribution in [-0.4, -0.2) is 29.7 Å². The number of hydrogen-bond acceptors (Lipinski definition) is 6. The lowest BCUT2D eigenvalue weighted by molar-refractivity contribution is -0.116. The number of carbonyl (C=O) groups is 2. The van der Waals surface area contributed by atoms with E-state index in [2.05, 4.69) is 15.6 Å². The molecule has 30 heavy (non-hydrogen) atoms. The Morgan fingerprint density at radius 2 is 1.77 bits per heavy atom. The van der Waals surface area contributed by atoms with Gasteiger partial charge in [0.05, 0.1) is 30.7 Å². The van der Waals surface area contributed by atoms with Crippen LogP contribution in [0.4, 0.5) is 11.4 Å². The van der Waals surface area contributed by atoms with Gasteiger partial charge < -0.3 is 15.4 Å². The van der Waals surface area contributed by atoms with E-state index in [-0.39, 0.29) is 24.0 Å². The summed E-state index contributed by atoms with van der Waals surface area (Å²) in [6.07, 6.45) is 0.156. The smallest absolute Gasteiger partial charge is 0.234 e. The molecule has 8 heteroatoms. The van der Waals surface area contributed by atoms with E-state index in [1.54, 1.807) is 7.11 Å². The highest BCUT2D eigenvalue weighted by Gasteiger charge is 2.12. The van der Waals surface area contributed by atoms with Crippen molar-refractivity contribution in [2.24, 2.45) is 0 Å². The number of amides is 2. The molecule has 3 rings (SSSR count). The van der Waals surface area contributed by atoms with Gasteiger partial charge in [-0.25, -0.2) is 4.98 Å². The zero-order valence-electron chi connectivity index (χ0n) is 17.0. The molecule has 1 aromatic heterocycles. The molecule has 1 heterocycles. The van der Waals surface area contributed by atoms with Gasteiger partial charge in [-0.2, -0.15) is 0 Å². The van der Waals surface area contributed by atoms with Crippen molar-refractivity contribution in [3.05, 3.63) is 64.7 Å². The fourth-order valence-corrected chi connectivity index (χ4v) is 4.32. The summed E-state index contributed by atoms with van der Waals surface area (Å²) in [4.78, 5) is 29.0. The number of aromatic nitrogens is 1. The van der Waals surface area contributed by atoms with Gasteiger partial charge in [0.15, 0.2) is 4.34 Å². The number of thiazole rings is 1. The average molecular weight is 442 g/mol. The summed E-state index contributed by atoms with van der Waals surface area (Å²) < 4.78 is 6.04. The largest absolute Gasteiger partial charge is 0.495 e. The molecular formula is C22H23N3O3S2. The number of anilines is 2. The Morgan fingerprint density at radius 3 is 2.50 bits per heavy atom. The number of aryl methyl sites for hydroxylation is 2. The second kappa shape index (κ2) is 10.3. The number of nitrogens with zero attached hydrogens (tertiary/aromatic N) is 1. The molecule has 0 unspecified atom stereocenters. The van der Waals surface area contributed by atoms with Gasteiger partial charge in [-0.1, -0.05) is 35.5 Å². The van der Waals surface area contributed by atoms with E-state index in [1.165, 1.54) is 23.1 Å². The number of methoxy groups -OCH3 is 1. The van der Waals surface area contributed by atoms with Crippen LogP contribution < -0.4 is 15.4 Å². The van der Waals surface area contributed by atoms with Crippen LogP contribution in [0, 0.1) is 13.8 Å². The maximum absolute atomic E-state index is 12.4.